The first kappa shape index (κ1) is 24.9. The van der Waals surface area contributed by atoms with E-state index in [1.165, 1.54) is 21.6 Å². The fourth-order valence-corrected chi connectivity index (χ4v) is 6.75. The van der Waals surface area contributed by atoms with Gasteiger partial charge in [-0.3, -0.25) is 14.5 Å². The molecule has 0 bridgehead atoms. The summed E-state index contributed by atoms with van der Waals surface area (Å²) < 4.78 is 10.8. The van der Waals surface area contributed by atoms with Gasteiger partial charge < -0.3 is 19.3 Å². The van der Waals surface area contributed by atoms with E-state index in [-0.39, 0.29) is 24.6 Å². The Morgan fingerprint density at radius 1 is 0.921 bits per heavy atom. The van der Waals surface area contributed by atoms with Crippen LogP contribution in [-0.2, 0) is 11.2 Å². The molecule has 4 heterocycles. The predicted molar refractivity (Wildman–Crippen MR) is 147 cm³/mol. The van der Waals surface area contributed by atoms with Gasteiger partial charge in [-0.2, -0.15) is 0 Å². The molecular formula is C30H33N3O4S. The molecule has 38 heavy (non-hydrogen) atoms. The van der Waals surface area contributed by atoms with E-state index in [1.807, 2.05) is 21.1 Å². The van der Waals surface area contributed by atoms with Crippen LogP contribution in [0.5, 0.6) is 11.5 Å². The lowest BCUT2D eigenvalue weighted by molar-refractivity contribution is -0.131. The van der Waals surface area contributed by atoms with Crippen molar-refractivity contribution in [2.75, 3.05) is 46.1 Å². The van der Waals surface area contributed by atoms with Crippen LogP contribution < -0.4 is 9.47 Å². The average molecular weight is 532 g/mol. The largest absolute Gasteiger partial charge is 0.454 e. The molecule has 0 spiro atoms. The van der Waals surface area contributed by atoms with Gasteiger partial charge in [0, 0.05) is 56.1 Å². The van der Waals surface area contributed by atoms with E-state index in [1.54, 1.807) is 18.2 Å². The minimum absolute atomic E-state index is 0.0291. The highest BCUT2D eigenvalue weighted by molar-refractivity contribution is 7.10. The van der Waals surface area contributed by atoms with Crippen molar-refractivity contribution >= 4 is 23.2 Å². The zero-order valence-electron chi connectivity index (χ0n) is 21.7. The Morgan fingerprint density at radius 2 is 1.74 bits per heavy atom. The number of carbonyl (C=O) groups excluding carboxylic acids is 2. The number of amides is 2. The second-order valence-corrected chi connectivity index (χ2v) is 11.2. The fraction of sp³-hybridized carbons (Fsp3) is 0.400. The van der Waals surface area contributed by atoms with Crippen LogP contribution in [0.3, 0.4) is 0 Å². The predicted octanol–water partition coefficient (Wildman–Crippen LogP) is 4.50. The molecule has 3 aliphatic rings. The van der Waals surface area contributed by atoms with Gasteiger partial charge in [-0.05, 0) is 66.1 Å². The summed E-state index contributed by atoms with van der Waals surface area (Å²) in [6.45, 7) is 6.45. The highest BCUT2D eigenvalue weighted by atomic mass is 32.1. The highest BCUT2D eigenvalue weighted by Crippen LogP contribution is 2.39. The molecule has 1 saturated heterocycles. The van der Waals surface area contributed by atoms with Crippen LogP contribution in [0.4, 0.5) is 0 Å². The van der Waals surface area contributed by atoms with E-state index < -0.39 is 0 Å². The van der Waals surface area contributed by atoms with Gasteiger partial charge in [-0.15, -0.1) is 11.3 Å². The van der Waals surface area contributed by atoms with Crippen molar-refractivity contribution in [2.24, 2.45) is 0 Å². The third-order valence-electron chi connectivity index (χ3n) is 7.92. The fourth-order valence-electron chi connectivity index (χ4n) is 5.85. The van der Waals surface area contributed by atoms with E-state index in [0.717, 1.165) is 25.9 Å². The van der Waals surface area contributed by atoms with Crippen LogP contribution in [0.25, 0.3) is 0 Å². The Morgan fingerprint density at radius 3 is 2.63 bits per heavy atom. The maximum atomic E-state index is 13.3. The molecule has 0 aliphatic carbocycles. The normalized spacial score (nSPS) is 19.2. The third-order valence-corrected chi connectivity index (χ3v) is 8.91. The summed E-state index contributed by atoms with van der Waals surface area (Å²) in [5.41, 5.74) is 4.59. The summed E-state index contributed by atoms with van der Waals surface area (Å²) in [6.07, 6.45) is 2.29. The topological polar surface area (TPSA) is 62.3 Å². The molecule has 2 aromatic carbocycles. The number of fused-ring (bicyclic) bond motifs is 2. The van der Waals surface area contributed by atoms with Crippen LogP contribution >= 0.6 is 11.3 Å². The summed E-state index contributed by atoms with van der Waals surface area (Å²) in [6, 6.07) is 16.4. The van der Waals surface area contributed by atoms with Crippen LogP contribution in [0, 0.1) is 6.92 Å². The molecular weight excluding hydrogens is 498 g/mol. The standard InChI is InChI=1S/C30H33N3O4S/c1-21-5-2-3-6-23(21)29-24-11-18-38-27(24)9-14-32(29)15-10-28(34)31-12-4-13-33(17-16-31)30(35)22-7-8-25-26(19-22)37-20-36-25/h2-3,5-8,11,18-19,29H,4,9-10,12-17,20H2,1H3. The molecule has 198 valence electrons. The Hall–Kier alpha value is -3.36. The lowest BCUT2D eigenvalue weighted by Gasteiger charge is -2.37. The van der Waals surface area contributed by atoms with Gasteiger partial charge >= 0.3 is 0 Å². The monoisotopic (exact) mass is 531 g/mol. The van der Waals surface area contributed by atoms with Gasteiger partial charge in [0.15, 0.2) is 11.5 Å². The van der Waals surface area contributed by atoms with Crippen molar-refractivity contribution in [3.63, 3.8) is 0 Å². The lowest BCUT2D eigenvalue weighted by atomic mass is 9.90. The first-order valence-electron chi connectivity index (χ1n) is 13.4. The number of thiophene rings is 1. The first-order chi connectivity index (χ1) is 18.6. The number of carbonyl (C=O) groups is 2. The van der Waals surface area contributed by atoms with Crippen molar-refractivity contribution in [3.8, 4) is 11.5 Å². The molecule has 1 unspecified atom stereocenters. The van der Waals surface area contributed by atoms with Crippen molar-refractivity contribution in [3.05, 3.63) is 81.0 Å². The smallest absolute Gasteiger partial charge is 0.254 e. The molecule has 3 aromatic rings. The summed E-state index contributed by atoms with van der Waals surface area (Å²) >= 11 is 1.84. The quantitative estimate of drug-likeness (QED) is 0.485. The molecule has 7 nitrogen and oxygen atoms in total. The minimum atomic E-state index is -0.0291. The van der Waals surface area contributed by atoms with E-state index >= 15 is 0 Å². The summed E-state index contributed by atoms with van der Waals surface area (Å²) in [4.78, 5) is 34.2. The van der Waals surface area contributed by atoms with Gasteiger partial charge in [0.05, 0.1) is 6.04 Å². The van der Waals surface area contributed by atoms with Gasteiger partial charge in [0.25, 0.3) is 5.91 Å². The molecule has 8 heteroatoms. The summed E-state index contributed by atoms with van der Waals surface area (Å²) in [5, 5.41) is 2.19. The third kappa shape index (κ3) is 4.90. The van der Waals surface area contributed by atoms with Crippen LogP contribution in [0.1, 0.15) is 50.8 Å². The second-order valence-electron chi connectivity index (χ2n) is 10.2. The van der Waals surface area contributed by atoms with E-state index in [0.29, 0.717) is 49.7 Å². The summed E-state index contributed by atoms with van der Waals surface area (Å²) in [7, 11) is 0. The van der Waals surface area contributed by atoms with Crippen LogP contribution in [0.2, 0.25) is 0 Å². The van der Waals surface area contributed by atoms with E-state index in [4.69, 9.17) is 9.47 Å². The molecule has 1 aromatic heterocycles. The average Bonchev–Trinajstić information content (AvgIpc) is 3.54. The van der Waals surface area contributed by atoms with Crippen molar-refractivity contribution < 1.29 is 19.1 Å². The Bertz CT molecular complexity index is 1340. The zero-order chi connectivity index (χ0) is 26.1. The SMILES string of the molecule is Cc1ccccc1C1c2ccsc2CCN1CCC(=O)N1CCCN(C(=O)c2ccc3c(c2)OCO3)CC1. The van der Waals surface area contributed by atoms with E-state index in [9.17, 15) is 9.59 Å². The highest BCUT2D eigenvalue weighted by Gasteiger charge is 2.31. The molecule has 0 N–H and O–H groups in total. The maximum Gasteiger partial charge on any atom is 0.254 e. The maximum absolute atomic E-state index is 13.3. The Balaban J connectivity index is 1.09. The molecule has 6 rings (SSSR count). The Labute approximate surface area is 227 Å². The molecule has 1 atom stereocenters. The summed E-state index contributed by atoms with van der Waals surface area (Å²) in [5.74, 6) is 1.42. The van der Waals surface area contributed by atoms with Gasteiger partial charge in [-0.25, -0.2) is 0 Å². The molecule has 0 saturated carbocycles. The first-order valence-corrected chi connectivity index (χ1v) is 14.3. The number of hydrogen-bond donors (Lipinski definition) is 0. The van der Waals surface area contributed by atoms with Gasteiger partial charge in [0.2, 0.25) is 12.7 Å². The van der Waals surface area contributed by atoms with Gasteiger partial charge in [-0.1, -0.05) is 24.3 Å². The number of benzene rings is 2. The van der Waals surface area contributed by atoms with Gasteiger partial charge in [0.1, 0.15) is 0 Å². The zero-order valence-corrected chi connectivity index (χ0v) is 22.5. The Kier molecular flexibility index (Phi) is 7.08. The number of hydrogen-bond acceptors (Lipinski definition) is 6. The van der Waals surface area contributed by atoms with Crippen molar-refractivity contribution in [1.82, 2.24) is 14.7 Å². The van der Waals surface area contributed by atoms with Crippen LogP contribution in [-0.4, -0.2) is 72.6 Å². The van der Waals surface area contributed by atoms with Crippen molar-refractivity contribution in [2.45, 2.75) is 32.2 Å². The number of ether oxygens (including phenoxy) is 2. The molecule has 0 radical (unpaired) electrons. The lowest BCUT2D eigenvalue weighted by Crippen LogP contribution is -2.41. The number of aryl methyl sites for hydroxylation is 1. The molecule has 1 fully saturated rings. The second kappa shape index (κ2) is 10.8. The number of rotatable bonds is 5. The van der Waals surface area contributed by atoms with Crippen molar-refractivity contribution in [1.29, 1.82) is 0 Å². The molecule has 2 amide bonds. The van der Waals surface area contributed by atoms with Crippen LogP contribution in [0.15, 0.2) is 53.9 Å². The minimum Gasteiger partial charge on any atom is -0.454 e. The number of nitrogens with zero attached hydrogens (tertiary/aromatic N) is 3. The molecule has 3 aliphatic heterocycles. The van der Waals surface area contributed by atoms with E-state index in [2.05, 4.69) is 47.5 Å².